The zero-order valence-electron chi connectivity index (χ0n) is 24.6. The molecule has 1 saturated heterocycles. The van der Waals surface area contributed by atoms with Crippen LogP contribution in [0.1, 0.15) is 5.56 Å². The zero-order valence-corrected chi connectivity index (χ0v) is 25.4. The van der Waals surface area contributed by atoms with Crippen LogP contribution in [0.3, 0.4) is 0 Å². The fourth-order valence-corrected chi connectivity index (χ4v) is 6.45. The first-order valence-electron chi connectivity index (χ1n) is 14.4. The van der Waals surface area contributed by atoms with E-state index in [1.807, 2.05) is 68.5 Å². The van der Waals surface area contributed by atoms with Crippen LogP contribution in [0.25, 0.3) is 11.0 Å². The molecule has 0 aliphatic carbocycles. The van der Waals surface area contributed by atoms with Crippen LogP contribution in [0.2, 0.25) is 0 Å². The molecular weight excluding hydrogens is 562 g/mol. The Bertz CT molecular complexity index is 1760. The second-order valence-electron chi connectivity index (χ2n) is 10.9. The van der Waals surface area contributed by atoms with E-state index in [0.717, 1.165) is 37.3 Å². The van der Waals surface area contributed by atoms with Gasteiger partial charge in [-0.2, -0.15) is 4.98 Å². The second-order valence-corrected chi connectivity index (χ2v) is 12.5. The van der Waals surface area contributed by atoms with Gasteiger partial charge in [-0.25, -0.2) is 13.8 Å². The third-order valence-electron chi connectivity index (χ3n) is 7.57. The Kier molecular flexibility index (Phi) is 8.41. The first-order chi connectivity index (χ1) is 20.9. The Morgan fingerprint density at radius 3 is 2.56 bits per heavy atom. The Labute approximate surface area is 253 Å². The Balaban J connectivity index is 1.32. The first-order valence-corrected chi connectivity index (χ1v) is 15.6. The minimum Gasteiger partial charge on any atom is -0.369 e. The van der Waals surface area contributed by atoms with Crippen LogP contribution in [0.5, 0.6) is 0 Å². The van der Waals surface area contributed by atoms with Gasteiger partial charge in [0.25, 0.3) is 10.9 Å². The van der Waals surface area contributed by atoms with Crippen molar-refractivity contribution in [1.82, 2.24) is 24.8 Å². The van der Waals surface area contributed by atoms with Gasteiger partial charge in [0.1, 0.15) is 28.2 Å². The van der Waals surface area contributed by atoms with Crippen LogP contribution in [-0.4, -0.2) is 99.5 Å². The summed E-state index contributed by atoms with van der Waals surface area (Å²) in [5, 5.41) is 6.81. The highest BCUT2D eigenvalue weighted by molar-refractivity contribution is 7.86. The number of nitrogens with one attached hydrogen (secondary N) is 2. The van der Waals surface area contributed by atoms with Gasteiger partial charge in [0.2, 0.25) is 5.95 Å². The van der Waals surface area contributed by atoms with Crippen molar-refractivity contribution in [2.45, 2.75) is 16.8 Å². The number of rotatable bonds is 9. The molecule has 2 atom stereocenters. The molecule has 2 aromatic carbocycles. The topological polar surface area (TPSA) is 111 Å². The smallest absolute Gasteiger partial charge is 0.331 e. The number of benzene rings is 2. The normalized spacial score (nSPS) is 17.7. The highest BCUT2D eigenvalue weighted by Crippen LogP contribution is 2.22. The molecule has 2 aliphatic rings. The molecular formula is C31H36N9O2S+. The molecule has 12 heteroatoms. The van der Waals surface area contributed by atoms with Crippen LogP contribution >= 0.6 is 0 Å². The summed E-state index contributed by atoms with van der Waals surface area (Å²) in [5.41, 5.74) is 2.81. The minimum absolute atomic E-state index is 0.204. The molecule has 4 aromatic rings. The number of fused-ring (bicyclic) bond motifs is 1. The van der Waals surface area contributed by atoms with E-state index in [4.69, 9.17) is 9.98 Å². The fraction of sp³-hybridized carbons (Fsp3) is 0.323. The Morgan fingerprint density at radius 1 is 1.09 bits per heavy atom. The van der Waals surface area contributed by atoms with E-state index in [1.54, 1.807) is 27.6 Å². The monoisotopic (exact) mass is 598 g/mol. The predicted octanol–water partition coefficient (Wildman–Crippen LogP) is 2.11. The third-order valence-corrected chi connectivity index (χ3v) is 8.98. The summed E-state index contributed by atoms with van der Waals surface area (Å²) in [6.07, 6.45) is 3.52. The summed E-state index contributed by atoms with van der Waals surface area (Å²) in [7, 11) is 4.38. The number of nitrogens with zero attached hydrogens (tertiary/aromatic N) is 7. The molecule has 2 unspecified atom stereocenters. The van der Waals surface area contributed by atoms with E-state index in [9.17, 15) is 9.00 Å². The summed E-state index contributed by atoms with van der Waals surface area (Å²) in [6.45, 7) is 5.02. The van der Waals surface area contributed by atoms with E-state index >= 15 is 0 Å². The van der Waals surface area contributed by atoms with Crippen LogP contribution in [0, 0.1) is 0 Å². The highest BCUT2D eigenvalue weighted by Gasteiger charge is 2.35. The van der Waals surface area contributed by atoms with Gasteiger partial charge >= 0.3 is 5.84 Å². The number of aromatic nitrogens is 3. The molecule has 0 saturated carbocycles. The number of pyridine rings is 1. The zero-order chi connectivity index (χ0) is 29.9. The van der Waals surface area contributed by atoms with Gasteiger partial charge in [0, 0.05) is 67.1 Å². The summed E-state index contributed by atoms with van der Waals surface area (Å²) >= 11 is 0. The number of hydrogen-bond donors (Lipinski definition) is 2. The maximum absolute atomic E-state index is 14.0. The lowest BCUT2D eigenvalue weighted by atomic mass is 10.2. The number of aliphatic imine (C=N–C) groups is 1. The van der Waals surface area contributed by atoms with Gasteiger partial charge in [-0.15, -0.1) is 0 Å². The lowest BCUT2D eigenvalue weighted by molar-refractivity contribution is -0.360. The van der Waals surface area contributed by atoms with Gasteiger partial charge in [-0.1, -0.05) is 23.2 Å². The van der Waals surface area contributed by atoms with E-state index in [2.05, 4.69) is 32.7 Å². The molecule has 2 N–H and O–H groups in total. The summed E-state index contributed by atoms with van der Waals surface area (Å²) in [4.78, 5) is 33.2. The van der Waals surface area contributed by atoms with Crippen molar-refractivity contribution in [3.63, 3.8) is 0 Å². The van der Waals surface area contributed by atoms with E-state index in [0.29, 0.717) is 41.0 Å². The number of hydrogen-bond acceptors (Lipinski definition) is 9. The molecule has 6 rings (SSSR count). The largest absolute Gasteiger partial charge is 0.369 e. The Morgan fingerprint density at radius 2 is 1.84 bits per heavy atom. The fourth-order valence-electron chi connectivity index (χ4n) is 5.26. The maximum Gasteiger partial charge on any atom is 0.331 e. The maximum atomic E-state index is 14.0. The lowest BCUT2D eigenvalue weighted by Crippen LogP contribution is -2.43. The van der Waals surface area contributed by atoms with Crippen molar-refractivity contribution in [2.24, 2.45) is 4.99 Å². The molecule has 11 nitrogen and oxygen atoms in total. The predicted molar refractivity (Wildman–Crippen MR) is 173 cm³/mol. The molecule has 1 fully saturated rings. The average molecular weight is 599 g/mol. The highest BCUT2D eigenvalue weighted by atomic mass is 32.2. The van der Waals surface area contributed by atoms with Crippen molar-refractivity contribution in [3.05, 3.63) is 82.8 Å². The van der Waals surface area contributed by atoms with Crippen molar-refractivity contribution in [3.8, 4) is 0 Å². The second kappa shape index (κ2) is 12.5. The number of amidine groups is 1. The molecule has 222 valence electrons. The minimum atomic E-state index is -1.39. The molecule has 0 amide bonds. The molecule has 4 heterocycles. The van der Waals surface area contributed by atoms with Crippen molar-refractivity contribution < 1.29 is 8.78 Å². The average Bonchev–Trinajstić information content (AvgIpc) is 3.42. The van der Waals surface area contributed by atoms with Gasteiger partial charge in [-0.3, -0.25) is 9.36 Å². The summed E-state index contributed by atoms with van der Waals surface area (Å²) < 4.78 is 16.7. The van der Waals surface area contributed by atoms with Crippen molar-refractivity contribution >= 4 is 51.2 Å². The summed E-state index contributed by atoms with van der Waals surface area (Å²) in [6, 6.07) is 19.3. The van der Waals surface area contributed by atoms with E-state index < -0.39 is 16.2 Å². The van der Waals surface area contributed by atoms with E-state index in [1.165, 1.54) is 5.69 Å². The van der Waals surface area contributed by atoms with Crippen molar-refractivity contribution in [2.75, 3.05) is 64.1 Å². The number of likely N-dealkylation sites (N-methyl/N-ethyl adjacent to an activating group) is 1. The first kappa shape index (κ1) is 28.8. The van der Waals surface area contributed by atoms with Crippen LogP contribution in [0.15, 0.2) is 81.5 Å². The lowest BCUT2D eigenvalue weighted by Gasteiger charge is -2.29. The molecule has 0 bridgehead atoms. The van der Waals surface area contributed by atoms with Gasteiger partial charge in [0.15, 0.2) is 0 Å². The van der Waals surface area contributed by atoms with Gasteiger partial charge < -0.3 is 20.4 Å². The number of anilines is 3. The SMILES string of the molecule is CN(C)CCn1c(=O)c(C2=NC(S(=O)c3ccccc3)C=[N+]2C)cc2cnc(Nc3ccc(N4CCNCC4)cc3)nc21. The van der Waals surface area contributed by atoms with Gasteiger partial charge in [-0.05, 0) is 56.6 Å². The van der Waals surface area contributed by atoms with Crippen LogP contribution < -0.4 is 21.1 Å². The molecule has 43 heavy (non-hydrogen) atoms. The van der Waals surface area contributed by atoms with Crippen LogP contribution in [-0.2, 0) is 17.3 Å². The van der Waals surface area contributed by atoms with E-state index in [-0.39, 0.29) is 5.56 Å². The third kappa shape index (κ3) is 6.26. The molecule has 0 radical (unpaired) electrons. The molecule has 0 spiro atoms. The van der Waals surface area contributed by atoms with Crippen molar-refractivity contribution in [1.29, 1.82) is 0 Å². The molecule has 2 aliphatic heterocycles. The Hall–Kier alpha value is -4.26. The summed E-state index contributed by atoms with van der Waals surface area (Å²) in [5.74, 6) is 0.890. The number of piperazine rings is 1. The standard InChI is InChI=1S/C31H35N9O2S/c1-37(2)17-18-40-28-22(20-33-31(36-28)34-23-9-11-24(12-10-23)39-15-13-32-14-16-39)19-26(30(40)41)29-35-27(21-38(29)3)43(42)25-7-5-4-6-8-25/h4-12,19-21,27,32H,13-18H2,1-3H3/p+1. The van der Waals surface area contributed by atoms with Crippen LogP contribution in [0.4, 0.5) is 17.3 Å². The quantitative estimate of drug-likeness (QED) is 0.282. The van der Waals surface area contributed by atoms with Gasteiger partial charge in [0.05, 0.1) is 7.05 Å². The molecule has 2 aromatic heterocycles.